The van der Waals surface area contributed by atoms with E-state index in [0.29, 0.717) is 0 Å². The van der Waals surface area contributed by atoms with E-state index in [9.17, 15) is 19.8 Å². The van der Waals surface area contributed by atoms with Crippen molar-refractivity contribution in [3.8, 4) is 11.5 Å². The Labute approximate surface area is 113 Å². The second-order valence-corrected chi connectivity index (χ2v) is 4.01. The second kappa shape index (κ2) is 5.31. The van der Waals surface area contributed by atoms with Crippen LogP contribution in [0, 0.1) is 0 Å². The van der Waals surface area contributed by atoms with E-state index in [1.54, 1.807) is 12.1 Å². The molecule has 4 N–H and O–H groups in total. The molecule has 1 amide bonds. The minimum absolute atomic E-state index is 0.0381. The molecule has 102 valence electrons. The van der Waals surface area contributed by atoms with Gasteiger partial charge in [-0.1, -0.05) is 12.1 Å². The van der Waals surface area contributed by atoms with Gasteiger partial charge in [0.15, 0.2) is 11.5 Å². The summed E-state index contributed by atoms with van der Waals surface area (Å²) in [6.07, 6.45) is 0. The van der Waals surface area contributed by atoms with E-state index < -0.39 is 17.6 Å². The average molecular weight is 273 g/mol. The van der Waals surface area contributed by atoms with Gasteiger partial charge < -0.3 is 20.6 Å². The number of carboxylic acids is 1. The predicted molar refractivity (Wildman–Crippen MR) is 71.1 cm³/mol. The molecule has 0 heterocycles. The van der Waals surface area contributed by atoms with Gasteiger partial charge in [0.2, 0.25) is 0 Å². The molecule has 0 saturated heterocycles. The Morgan fingerprint density at radius 3 is 2.30 bits per heavy atom. The smallest absolute Gasteiger partial charge is 0.337 e. The molecule has 2 aromatic carbocycles. The average Bonchev–Trinajstić information content (AvgIpc) is 2.42. The highest BCUT2D eigenvalue weighted by atomic mass is 16.4. The van der Waals surface area contributed by atoms with Crippen LogP contribution in [-0.2, 0) is 0 Å². The van der Waals surface area contributed by atoms with E-state index in [1.165, 1.54) is 24.3 Å². The summed E-state index contributed by atoms with van der Waals surface area (Å²) >= 11 is 0. The van der Waals surface area contributed by atoms with Crippen LogP contribution in [0.15, 0.2) is 42.5 Å². The van der Waals surface area contributed by atoms with Crippen LogP contribution in [0.5, 0.6) is 11.5 Å². The number of rotatable bonds is 3. The minimum atomic E-state index is -1.16. The molecular weight excluding hydrogens is 262 g/mol. The van der Waals surface area contributed by atoms with Crippen LogP contribution in [0.2, 0.25) is 0 Å². The molecular formula is C14H11NO5. The number of para-hydroxylation sites is 1. The molecule has 0 aliphatic heterocycles. The van der Waals surface area contributed by atoms with Crippen molar-refractivity contribution in [3.05, 3.63) is 53.6 Å². The molecule has 2 aromatic rings. The molecule has 20 heavy (non-hydrogen) atoms. The first kappa shape index (κ1) is 13.4. The Morgan fingerprint density at radius 2 is 1.65 bits per heavy atom. The highest BCUT2D eigenvalue weighted by molar-refractivity contribution is 6.07. The fraction of sp³-hybridized carbons (Fsp3) is 0. The zero-order valence-electron chi connectivity index (χ0n) is 10.2. The van der Waals surface area contributed by atoms with Gasteiger partial charge in [-0.2, -0.15) is 0 Å². The van der Waals surface area contributed by atoms with E-state index in [4.69, 9.17) is 5.11 Å². The summed E-state index contributed by atoms with van der Waals surface area (Å²) < 4.78 is 0. The van der Waals surface area contributed by atoms with Crippen molar-refractivity contribution < 1.29 is 24.9 Å². The molecule has 0 aliphatic carbocycles. The van der Waals surface area contributed by atoms with E-state index >= 15 is 0 Å². The Bertz CT molecular complexity index is 681. The largest absolute Gasteiger partial charge is 0.504 e. The summed E-state index contributed by atoms with van der Waals surface area (Å²) in [6.45, 7) is 0. The van der Waals surface area contributed by atoms with Gasteiger partial charge in [-0.3, -0.25) is 4.79 Å². The van der Waals surface area contributed by atoms with Crippen molar-refractivity contribution in [2.45, 2.75) is 0 Å². The lowest BCUT2D eigenvalue weighted by Crippen LogP contribution is -2.14. The van der Waals surface area contributed by atoms with E-state index in [0.717, 1.165) is 6.07 Å². The number of nitrogens with one attached hydrogen (secondary N) is 1. The summed E-state index contributed by atoms with van der Waals surface area (Å²) in [7, 11) is 0. The van der Waals surface area contributed by atoms with Gasteiger partial charge >= 0.3 is 5.97 Å². The highest BCUT2D eigenvalue weighted by Gasteiger charge is 2.14. The van der Waals surface area contributed by atoms with E-state index in [-0.39, 0.29) is 22.6 Å². The van der Waals surface area contributed by atoms with Crippen molar-refractivity contribution in [1.29, 1.82) is 0 Å². The standard InChI is InChI=1S/C14H11NO5/c16-11-6-5-8(7-12(11)17)13(18)15-10-4-2-1-3-9(10)14(19)20/h1-7,16-17H,(H,15,18)(H,19,20). The number of anilines is 1. The third kappa shape index (κ3) is 2.69. The molecule has 0 unspecified atom stereocenters. The topological polar surface area (TPSA) is 107 Å². The quantitative estimate of drug-likeness (QED) is 0.640. The van der Waals surface area contributed by atoms with Gasteiger partial charge in [0.05, 0.1) is 11.3 Å². The Hall–Kier alpha value is -3.02. The number of phenolic OH excluding ortho intramolecular Hbond substituents is 2. The van der Waals surface area contributed by atoms with Crippen molar-refractivity contribution in [1.82, 2.24) is 0 Å². The maximum atomic E-state index is 12.0. The number of carboxylic acid groups (broad SMARTS) is 1. The molecule has 0 atom stereocenters. The van der Waals surface area contributed by atoms with Crippen LogP contribution >= 0.6 is 0 Å². The number of hydrogen-bond donors (Lipinski definition) is 4. The van der Waals surface area contributed by atoms with Gasteiger partial charge in [-0.05, 0) is 30.3 Å². The summed E-state index contributed by atoms with van der Waals surface area (Å²) in [5.41, 5.74) is 0.210. The highest BCUT2D eigenvalue weighted by Crippen LogP contribution is 2.25. The number of amides is 1. The van der Waals surface area contributed by atoms with Crippen molar-refractivity contribution in [2.24, 2.45) is 0 Å². The van der Waals surface area contributed by atoms with Gasteiger partial charge in [-0.25, -0.2) is 4.79 Å². The molecule has 0 saturated carbocycles. The Morgan fingerprint density at radius 1 is 0.950 bits per heavy atom. The fourth-order valence-electron chi connectivity index (χ4n) is 1.64. The summed E-state index contributed by atoms with van der Waals surface area (Å²) in [5.74, 6) is -2.51. The van der Waals surface area contributed by atoms with Crippen LogP contribution in [-0.4, -0.2) is 27.2 Å². The number of aromatic carboxylic acids is 1. The maximum Gasteiger partial charge on any atom is 0.337 e. The van der Waals surface area contributed by atoms with Gasteiger partial charge in [0.1, 0.15) is 0 Å². The van der Waals surface area contributed by atoms with Gasteiger partial charge in [0.25, 0.3) is 5.91 Å². The van der Waals surface area contributed by atoms with E-state index in [2.05, 4.69) is 5.32 Å². The fourth-order valence-corrected chi connectivity index (χ4v) is 1.64. The molecule has 6 nitrogen and oxygen atoms in total. The van der Waals surface area contributed by atoms with Crippen LogP contribution in [0.1, 0.15) is 20.7 Å². The minimum Gasteiger partial charge on any atom is -0.504 e. The molecule has 0 radical (unpaired) electrons. The summed E-state index contributed by atoms with van der Waals surface area (Å²) in [5, 5.41) is 30.0. The lowest BCUT2D eigenvalue weighted by atomic mass is 10.1. The zero-order valence-corrected chi connectivity index (χ0v) is 10.2. The Kier molecular flexibility index (Phi) is 3.56. The molecule has 0 aromatic heterocycles. The van der Waals surface area contributed by atoms with Gasteiger partial charge in [-0.15, -0.1) is 0 Å². The number of carbonyl (C=O) groups excluding carboxylic acids is 1. The third-order valence-corrected chi connectivity index (χ3v) is 2.64. The molecule has 0 spiro atoms. The Balaban J connectivity index is 2.28. The van der Waals surface area contributed by atoms with Crippen molar-refractivity contribution >= 4 is 17.6 Å². The molecule has 0 aliphatic rings. The second-order valence-electron chi connectivity index (χ2n) is 4.01. The molecule has 2 rings (SSSR count). The first-order chi connectivity index (χ1) is 9.49. The van der Waals surface area contributed by atoms with Crippen LogP contribution in [0.4, 0.5) is 5.69 Å². The van der Waals surface area contributed by atoms with Crippen molar-refractivity contribution in [2.75, 3.05) is 5.32 Å². The normalized spacial score (nSPS) is 10.0. The molecule has 0 fully saturated rings. The van der Waals surface area contributed by atoms with Crippen LogP contribution in [0.3, 0.4) is 0 Å². The number of carbonyl (C=O) groups is 2. The van der Waals surface area contributed by atoms with E-state index in [1.807, 2.05) is 0 Å². The van der Waals surface area contributed by atoms with Crippen LogP contribution in [0.25, 0.3) is 0 Å². The lowest BCUT2D eigenvalue weighted by Gasteiger charge is -2.08. The molecule has 6 heteroatoms. The zero-order chi connectivity index (χ0) is 14.7. The first-order valence-corrected chi connectivity index (χ1v) is 5.64. The van der Waals surface area contributed by atoms with Gasteiger partial charge in [0, 0.05) is 5.56 Å². The summed E-state index contributed by atoms with van der Waals surface area (Å²) in [4.78, 5) is 23.0. The number of hydrogen-bond acceptors (Lipinski definition) is 4. The number of phenols is 2. The third-order valence-electron chi connectivity index (χ3n) is 2.64. The van der Waals surface area contributed by atoms with Crippen LogP contribution < -0.4 is 5.32 Å². The SMILES string of the molecule is O=C(Nc1ccccc1C(=O)O)c1ccc(O)c(O)c1. The predicted octanol–water partition coefficient (Wildman–Crippen LogP) is 2.05. The summed E-state index contributed by atoms with van der Waals surface area (Å²) in [6, 6.07) is 9.55. The van der Waals surface area contributed by atoms with Crippen molar-refractivity contribution in [3.63, 3.8) is 0 Å². The maximum absolute atomic E-state index is 12.0. The lowest BCUT2D eigenvalue weighted by molar-refractivity contribution is 0.0698. The number of aromatic hydroxyl groups is 2. The first-order valence-electron chi connectivity index (χ1n) is 5.64. The number of benzene rings is 2. The molecule has 0 bridgehead atoms. The monoisotopic (exact) mass is 273 g/mol.